The molecular weight excluding hydrogens is 444 g/mol. The third-order valence-corrected chi connectivity index (χ3v) is 10.6. The molecular formula is C19H30N4O6S2. The minimum absolute atomic E-state index is 0.0695. The zero-order valence-electron chi connectivity index (χ0n) is 18.0. The summed E-state index contributed by atoms with van der Waals surface area (Å²) in [7, 11) is -6.60. The van der Waals surface area contributed by atoms with Crippen LogP contribution >= 0.6 is 0 Å². The van der Waals surface area contributed by atoms with Crippen molar-refractivity contribution in [2.75, 3.05) is 50.8 Å². The molecule has 174 valence electrons. The predicted molar refractivity (Wildman–Crippen MR) is 113 cm³/mol. The van der Waals surface area contributed by atoms with E-state index in [0.29, 0.717) is 64.2 Å². The number of hydrogen-bond donors (Lipinski definition) is 0. The number of amides is 1. The van der Waals surface area contributed by atoms with Crippen molar-refractivity contribution in [3.05, 3.63) is 11.5 Å². The number of carbonyl (C=O) groups is 1. The normalized spacial score (nSPS) is 26.4. The van der Waals surface area contributed by atoms with Crippen molar-refractivity contribution in [1.29, 1.82) is 0 Å². The molecule has 0 aliphatic carbocycles. The van der Waals surface area contributed by atoms with Gasteiger partial charge in [0.15, 0.2) is 15.6 Å². The quantitative estimate of drug-likeness (QED) is 0.599. The number of rotatable bonds is 4. The number of sulfone groups is 1. The maximum atomic E-state index is 13.0. The fraction of sp³-hybridized carbons (Fsp3) is 0.789. The lowest BCUT2D eigenvalue weighted by Crippen LogP contribution is -2.54. The Kier molecular flexibility index (Phi) is 6.18. The summed E-state index contributed by atoms with van der Waals surface area (Å²) < 4.78 is 55.8. The Labute approximate surface area is 183 Å². The highest BCUT2D eigenvalue weighted by Crippen LogP contribution is 2.29. The van der Waals surface area contributed by atoms with Crippen LogP contribution in [0, 0.1) is 19.8 Å². The van der Waals surface area contributed by atoms with Gasteiger partial charge in [-0.3, -0.25) is 9.69 Å². The summed E-state index contributed by atoms with van der Waals surface area (Å²) >= 11 is 0. The summed E-state index contributed by atoms with van der Waals surface area (Å²) in [5, 5.41) is 3.75. The number of piperazine rings is 1. The summed E-state index contributed by atoms with van der Waals surface area (Å²) in [5.74, 6) is 0.650. The van der Waals surface area contributed by atoms with Crippen molar-refractivity contribution in [3.8, 4) is 0 Å². The van der Waals surface area contributed by atoms with Crippen LogP contribution in [0.4, 0.5) is 0 Å². The number of hydrogen-bond acceptors (Lipinski definition) is 8. The second-order valence-electron chi connectivity index (χ2n) is 8.75. The largest absolute Gasteiger partial charge is 0.360 e. The van der Waals surface area contributed by atoms with Gasteiger partial charge in [-0.15, -0.1) is 0 Å². The number of aryl methyl sites for hydroxylation is 2. The molecule has 3 saturated heterocycles. The molecule has 0 saturated carbocycles. The lowest BCUT2D eigenvalue weighted by atomic mass is 9.96. The van der Waals surface area contributed by atoms with Crippen LogP contribution in [0.1, 0.15) is 30.7 Å². The highest BCUT2D eigenvalue weighted by molar-refractivity contribution is 7.91. The van der Waals surface area contributed by atoms with Gasteiger partial charge in [0.2, 0.25) is 15.9 Å². The molecule has 3 aliphatic heterocycles. The van der Waals surface area contributed by atoms with Crippen molar-refractivity contribution in [2.24, 2.45) is 5.92 Å². The summed E-state index contributed by atoms with van der Waals surface area (Å²) in [6, 6.07) is 0.0695. The Bertz CT molecular complexity index is 1020. The van der Waals surface area contributed by atoms with Crippen molar-refractivity contribution in [3.63, 3.8) is 0 Å². The molecule has 4 heterocycles. The molecule has 0 aromatic carbocycles. The minimum Gasteiger partial charge on any atom is -0.360 e. The molecule has 3 aliphatic rings. The van der Waals surface area contributed by atoms with E-state index in [1.165, 1.54) is 4.31 Å². The lowest BCUT2D eigenvalue weighted by Gasteiger charge is -2.40. The third-order valence-electron chi connectivity index (χ3n) is 6.72. The van der Waals surface area contributed by atoms with Gasteiger partial charge in [-0.2, -0.15) is 4.31 Å². The zero-order valence-corrected chi connectivity index (χ0v) is 19.6. The molecule has 31 heavy (non-hydrogen) atoms. The van der Waals surface area contributed by atoms with Crippen LogP contribution in [0.2, 0.25) is 0 Å². The fourth-order valence-electron chi connectivity index (χ4n) is 4.94. The molecule has 1 aromatic heterocycles. The van der Waals surface area contributed by atoms with Gasteiger partial charge < -0.3 is 9.42 Å². The van der Waals surface area contributed by atoms with Gasteiger partial charge in [0.1, 0.15) is 10.6 Å². The molecule has 1 amide bonds. The Hall–Kier alpha value is -1.50. The molecule has 3 fully saturated rings. The fourth-order valence-corrected chi connectivity index (χ4v) is 8.47. The smallest absolute Gasteiger partial charge is 0.248 e. The number of piperidine rings is 1. The van der Waals surface area contributed by atoms with E-state index in [1.807, 2.05) is 4.90 Å². The minimum atomic E-state index is -3.68. The number of carbonyl (C=O) groups excluding carboxylic acids is 1. The summed E-state index contributed by atoms with van der Waals surface area (Å²) in [6.45, 7) is 6.34. The van der Waals surface area contributed by atoms with E-state index in [4.69, 9.17) is 4.52 Å². The van der Waals surface area contributed by atoms with Gasteiger partial charge in [-0.25, -0.2) is 16.8 Å². The van der Waals surface area contributed by atoms with E-state index in [1.54, 1.807) is 13.8 Å². The van der Waals surface area contributed by atoms with Gasteiger partial charge in [0, 0.05) is 51.2 Å². The zero-order chi connectivity index (χ0) is 22.4. The van der Waals surface area contributed by atoms with Crippen LogP contribution in [0.5, 0.6) is 0 Å². The van der Waals surface area contributed by atoms with E-state index in [-0.39, 0.29) is 40.0 Å². The molecule has 4 rings (SSSR count). The average molecular weight is 475 g/mol. The van der Waals surface area contributed by atoms with E-state index < -0.39 is 19.9 Å². The molecule has 0 N–H and O–H groups in total. The second kappa shape index (κ2) is 8.45. The van der Waals surface area contributed by atoms with E-state index in [9.17, 15) is 21.6 Å². The molecule has 0 spiro atoms. The average Bonchev–Trinajstić information content (AvgIpc) is 3.28. The SMILES string of the molecule is Cc1noc(C)c1S(=O)(=O)N1CCC(C(=O)N2CCN([C@H]3CCS(=O)(=O)C3)CC2)CC1. The standard InChI is InChI=1S/C19H30N4O6S2/c1-14-18(15(2)29-20-14)31(27,28)23-6-3-16(4-7-23)19(24)22-10-8-21(9-11-22)17-5-12-30(25,26)13-17/h16-17H,3-13H2,1-2H3/t17-/m0/s1. The number of sulfonamides is 1. The van der Waals surface area contributed by atoms with Gasteiger partial charge in [-0.05, 0) is 33.1 Å². The van der Waals surface area contributed by atoms with E-state index in [0.717, 1.165) is 0 Å². The van der Waals surface area contributed by atoms with Gasteiger partial charge >= 0.3 is 0 Å². The first-order valence-electron chi connectivity index (χ1n) is 10.7. The topological polar surface area (TPSA) is 121 Å². The molecule has 0 radical (unpaired) electrons. The monoisotopic (exact) mass is 474 g/mol. The van der Waals surface area contributed by atoms with Crippen LogP contribution in [0.25, 0.3) is 0 Å². The van der Waals surface area contributed by atoms with Crippen LogP contribution in [0.3, 0.4) is 0 Å². The van der Waals surface area contributed by atoms with Gasteiger partial charge in [0.05, 0.1) is 11.5 Å². The Morgan fingerprint density at radius 1 is 1.03 bits per heavy atom. The van der Waals surface area contributed by atoms with Crippen LogP contribution < -0.4 is 0 Å². The summed E-state index contributed by atoms with van der Waals surface area (Å²) in [6.07, 6.45) is 1.65. The first kappa shape index (κ1) is 22.7. The first-order chi connectivity index (χ1) is 14.6. The van der Waals surface area contributed by atoms with Crippen LogP contribution in [-0.2, 0) is 24.7 Å². The lowest BCUT2D eigenvalue weighted by molar-refractivity contribution is -0.138. The molecule has 1 aromatic rings. The summed E-state index contributed by atoms with van der Waals surface area (Å²) in [5.41, 5.74) is 0.351. The van der Waals surface area contributed by atoms with Gasteiger partial charge in [-0.1, -0.05) is 5.16 Å². The van der Waals surface area contributed by atoms with Crippen molar-refractivity contribution in [2.45, 2.75) is 44.0 Å². The Morgan fingerprint density at radius 2 is 1.68 bits per heavy atom. The Morgan fingerprint density at radius 3 is 2.19 bits per heavy atom. The molecule has 0 bridgehead atoms. The maximum absolute atomic E-state index is 13.0. The number of aromatic nitrogens is 1. The van der Waals surface area contributed by atoms with E-state index in [2.05, 4.69) is 10.1 Å². The van der Waals surface area contributed by atoms with Gasteiger partial charge in [0.25, 0.3) is 0 Å². The number of nitrogens with zero attached hydrogens (tertiary/aromatic N) is 4. The highest BCUT2D eigenvalue weighted by atomic mass is 32.2. The molecule has 10 nitrogen and oxygen atoms in total. The van der Waals surface area contributed by atoms with Crippen LogP contribution in [0.15, 0.2) is 9.42 Å². The van der Waals surface area contributed by atoms with Crippen LogP contribution in [-0.4, -0.2) is 98.8 Å². The first-order valence-corrected chi connectivity index (χ1v) is 14.0. The van der Waals surface area contributed by atoms with Crippen molar-refractivity contribution in [1.82, 2.24) is 19.3 Å². The second-order valence-corrected chi connectivity index (χ2v) is 12.9. The predicted octanol–water partition coefficient (Wildman–Crippen LogP) is 0.0234. The Balaban J connectivity index is 1.30. The van der Waals surface area contributed by atoms with Crippen molar-refractivity contribution < 1.29 is 26.2 Å². The molecule has 12 heteroatoms. The third kappa shape index (κ3) is 4.53. The highest BCUT2D eigenvalue weighted by Gasteiger charge is 2.38. The van der Waals surface area contributed by atoms with Crippen molar-refractivity contribution >= 4 is 25.8 Å². The summed E-state index contributed by atoms with van der Waals surface area (Å²) in [4.78, 5) is 17.2. The maximum Gasteiger partial charge on any atom is 0.248 e. The van der Waals surface area contributed by atoms with E-state index >= 15 is 0 Å². The molecule has 1 atom stereocenters. The molecule has 0 unspecified atom stereocenters.